The lowest BCUT2D eigenvalue weighted by Crippen LogP contribution is -1.95. The molecule has 2 nitrogen and oxygen atoms in total. The molecule has 0 aliphatic carbocycles. The first-order valence-corrected chi connectivity index (χ1v) is 5.24. The molecule has 2 heteroatoms. The van der Waals surface area contributed by atoms with Crippen molar-refractivity contribution in [1.29, 1.82) is 0 Å². The summed E-state index contributed by atoms with van der Waals surface area (Å²) in [6, 6.07) is 0. The number of rotatable bonds is 6. The Bertz CT molecular complexity index is 292. The zero-order valence-electron chi connectivity index (χ0n) is 10.1. The van der Waals surface area contributed by atoms with E-state index in [0.29, 0.717) is 12.8 Å². The van der Waals surface area contributed by atoms with Crippen LogP contribution in [0.25, 0.3) is 0 Å². The molecule has 0 aromatic rings. The number of carbonyl (C=O) groups excluding carboxylic acids is 2. The van der Waals surface area contributed by atoms with E-state index in [1.54, 1.807) is 13.0 Å². The predicted octanol–water partition coefficient (Wildman–Crippen LogP) is 3.23. The number of carbonyl (C=O) groups is 2. The van der Waals surface area contributed by atoms with Gasteiger partial charge in [0.25, 0.3) is 0 Å². The van der Waals surface area contributed by atoms with Crippen LogP contribution in [0.5, 0.6) is 0 Å². The highest BCUT2D eigenvalue weighted by Crippen LogP contribution is 2.06. The molecule has 0 aliphatic rings. The third-order valence-corrected chi connectivity index (χ3v) is 1.89. The first-order valence-electron chi connectivity index (χ1n) is 5.24. The minimum absolute atomic E-state index is 0.131. The van der Waals surface area contributed by atoms with Crippen LogP contribution in [0.3, 0.4) is 0 Å². The zero-order chi connectivity index (χ0) is 11.8. The SMILES string of the molecule is CC(=O)CC/C=C(\C)CC(=O)C=C(C)C. The van der Waals surface area contributed by atoms with Gasteiger partial charge >= 0.3 is 0 Å². The third kappa shape index (κ3) is 9.13. The highest BCUT2D eigenvalue weighted by molar-refractivity contribution is 5.91. The minimum Gasteiger partial charge on any atom is -0.300 e. The number of ketones is 2. The summed E-state index contributed by atoms with van der Waals surface area (Å²) in [5, 5.41) is 0. The lowest BCUT2D eigenvalue weighted by atomic mass is 10.1. The molecule has 0 heterocycles. The lowest BCUT2D eigenvalue weighted by molar-refractivity contribution is -0.117. The summed E-state index contributed by atoms with van der Waals surface area (Å²) in [5.41, 5.74) is 2.07. The summed E-state index contributed by atoms with van der Waals surface area (Å²) in [7, 11) is 0. The highest BCUT2D eigenvalue weighted by Gasteiger charge is 1.99. The van der Waals surface area contributed by atoms with Crippen LogP contribution in [0.4, 0.5) is 0 Å². The highest BCUT2D eigenvalue weighted by atomic mass is 16.1. The van der Waals surface area contributed by atoms with Crippen molar-refractivity contribution in [2.45, 2.75) is 47.0 Å². The van der Waals surface area contributed by atoms with Gasteiger partial charge in [0.15, 0.2) is 5.78 Å². The fourth-order valence-corrected chi connectivity index (χ4v) is 1.24. The number of hydrogen-bond acceptors (Lipinski definition) is 2. The standard InChI is InChI=1S/C13H20O2/c1-10(2)8-13(15)9-11(3)6-5-7-12(4)14/h6,8H,5,7,9H2,1-4H3/b11-6+. The minimum atomic E-state index is 0.131. The lowest BCUT2D eigenvalue weighted by Gasteiger charge is -1.98. The Morgan fingerprint density at radius 1 is 1.07 bits per heavy atom. The molecule has 0 amide bonds. The molecule has 0 aromatic carbocycles. The van der Waals surface area contributed by atoms with E-state index in [0.717, 1.165) is 17.6 Å². The van der Waals surface area contributed by atoms with E-state index >= 15 is 0 Å². The second-order valence-electron chi connectivity index (χ2n) is 4.16. The topological polar surface area (TPSA) is 34.1 Å². The van der Waals surface area contributed by atoms with Crippen molar-refractivity contribution < 1.29 is 9.59 Å². The van der Waals surface area contributed by atoms with Crippen molar-refractivity contribution in [2.75, 3.05) is 0 Å². The Balaban J connectivity index is 4.01. The first-order chi connectivity index (χ1) is 6.91. The molecule has 0 bridgehead atoms. The Kier molecular flexibility index (Phi) is 6.59. The summed E-state index contributed by atoms with van der Waals surface area (Å²) in [4.78, 5) is 22.1. The van der Waals surface area contributed by atoms with Crippen LogP contribution in [0.2, 0.25) is 0 Å². The largest absolute Gasteiger partial charge is 0.300 e. The van der Waals surface area contributed by atoms with E-state index in [1.165, 1.54) is 0 Å². The molecule has 0 radical (unpaired) electrons. The Morgan fingerprint density at radius 2 is 1.67 bits per heavy atom. The van der Waals surface area contributed by atoms with Gasteiger partial charge in [-0.1, -0.05) is 17.2 Å². The van der Waals surface area contributed by atoms with Gasteiger partial charge in [-0.3, -0.25) is 4.79 Å². The second kappa shape index (κ2) is 7.16. The van der Waals surface area contributed by atoms with Crippen molar-refractivity contribution in [3.8, 4) is 0 Å². The summed E-state index contributed by atoms with van der Waals surface area (Å²) >= 11 is 0. The third-order valence-electron chi connectivity index (χ3n) is 1.89. The normalized spacial score (nSPS) is 11.1. The quantitative estimate of drug-likeness (QED) is 0.496. The maximum absolute atomic E-state index is 11.4. The van der Waals surface area contributed by atoms with E-state index in [1.807, 2.05) is 26.8 Å². The van der Waals surface area contributed by atoms with Crippen LogP contribution >= 0.6 is 0 Å². The van der Waals surface area contributed by atoms with Gasteiger partial charge in [0.1, 0.15) is 5.78 Å². The van der Waals surface area contributed by atoms with Crippen LogP contribution in [-0.2, 0) is 9.59 Å². The fraction of sp³-hybridized carbons (Fsp3) is 0.538. The number of Topliss-reactive ketones (excluding diaryl/α,β-unsaturated/α-hetero) is 1. The Labute approximate surface area is 92.1 Å². The van der Waals surface area contributed by atoms with Crippen LogP contribution < -0.4 is 0 Å². The van der Waals surface area contributed by atoms with Gasteiger partial charge < -0.3 is 4.79 Å². The molecular weight excluding hydrogens is 188 g/mol. The van der Waals surface area contributed by atoms with Crippen molar-refractivity contribution in [3.63, 3.8) is 0 Å². The smallest absolute Gasteiger partial charge is 0.159 e. The van der Waals surface area contributed by atoms with Gasteiger partial charge in [0, 0.05) is 12.8 Å². The van der Waals surface area contributed by atoms with Crippen molar-refractivity contribution in [2.24, 2.45) is 0 Å². The molecular formula is C13H20O2. The van der Waals surface area contributed by atoms with Crippen LogP contribution in [0.15, 0.2) is 23.3 Å². The van der Waals surface area contributed by atoms with E-state index in [4.69, 9.17) is 0 Å². The maximum Gasteiger partial charge on any atom is 0.159 e. The van der Waals surface area contributed by atoms with Crippen LogP contribution in [0.1, 0.15) is 47.0 Å². The van der Waals surface area contributed by atoms with E-state index in [9.17, 15) is 9.59 Å². The molecule has 0 spiro atoms. The average Bonchev–Trinajstić information content (AvgIpc) is 2.00. The van der Waals surface area contributed by atoms with E-state index in [-0.39, 0.29) is 11.6 Å². The molecule has 0 fully saturated rings. The summed E-state index contributed by atoms with van der Waals surface area (Å²) in [6.45, 7) is 7.33. The van der Waals surface area contributed by atoms with Crippen molar-refractivity contribution in [3.05, 3.63) is 23.3 Å². The molecule has 0 atom stereocenters. The van der Waals surface area contributed by atoms with Gasteiger partial charge in [0.2, 0.25) is 0 Å². The Hall–Kier alpha value is -1.18. The van der Waals surface area contributed by atoms with Crippen molar-refractivity contribution >= 4 is 11.6 Å². The predicted molar refractivity (Wildman–Crippen MR) is 62.7 cm³/mol. The molecule has 15 heavy (non-hydrogen) atoms. The van der Waals surface area contributed by atoms with Gasteiger partial charge in [-0.15, -0.1) is 0 Å². The molecule has 0 saturated heterocycles. The van der Waals surface area contributed by atoms with Crippen LogP contribution in [-0.4, -0.2) is 11.6 Å². The zero-order valence-corrected chi connectivity index (χ0v) is 10.1. The van der Waals surface area contributed by atoms with Gasteiger partial charge in [-0.25, -0.2) is 0 Å². The number of hydrogen-bond donors (Lipinski definition) is 0. The van der Waals surface area contributed by atoms with Crippen LogP contribution in [0, 0.1) is 0 Å². The van der Waals surface area contributed by atoms with Gasteiger partial charge in [-0.05, 0) is 40.2 Å². The first kappa shape index (κ1) is 13.8. The molecule has 0 aromatic heterocycles. The van der Waals surface area contributed by atoms with E-state index < -0.39 is 0 Å². The molecule has 84 valence electrons. The summed E-state index contributed by atoms with van der Waals surface area (Å²) in [6.07, 6.45) is 5.39. The van der Waals surface area contributed by atoms with E-state index in [2.05, 4.69) is 0 Å². The van der Waals surface area contributed by atoms with Gasteiger partial charge in [-0.2, -0.15) is 0 Å². The summed E-state index contributed by atoms with van der Waals surface area (Å²) in [5.74, 6) is 0.321. The molecule has 0 aliphatic heterocycles. The van der Waals surface area contributed by atoms with Crippen molar-refractivity contribution in [1.82, 2.24) is 0 Å². The number of allylic oxidation sites excluding steroid dienone is 4. The second-order valence-corrected chi connectivity index (χ2v) is 4.16. The Morgan fingerprint density at radius 3 is 2.13 bits per heavy atom. The average molecular weight is 208 g/mol. The molecule has 0 saturated carbocycles. The molecule has 0 unspecified atom stereocenters. The monoisotopic (exact) mass is 208 g/mol. The fourth-order valence-electron chi connectivity index (χ4n) is 1.24. The molecule has 0 N–H and O–H groups in total. The van der Waals surface area contributed by atoms with Gasteiger partial charge in [0.05, 0.1) is 0 Å². The molecule has 0 rings (SSSR count). The maximum atomic E-state index is 11.4. The summed E-state index contributed by atoms with van der Waals surface area (Å²) < 4.78 is 0.